The molecule has 1 unspecified atom stereocenters. The smallest absolute Gasteiger partial charge is 0.338 e. The molecule has 0 saturated carbocycles. The third kappa shape index (κ3) is 3.65. The van der Waals surface area contributed by atoms with Gasteiger partial charge in [-0.1, -0.05) is 11.6 Å². The number of halogens is 1. The Morgan fingerprint density at radius 3 is 2.52 bits per heavy atom. The zero-order valence-corrected chi connectivity index (χ0v) is 15.1. The monoisotopic (exact) mass is 387 g/mol. The summed E-state index contributed by atoms with van der Waals surface area (Å²) < 4.78 is 5.13. The number of carbonyl (C=O) groups excluding carboxylic acids is 4. The van der Waals surface area contributed by atoms with E-state index in [4.69, 9.17) is 16.3 Å². The average Bonchev–Trinajstić information content (AvgIpc) is 2.87. The van der Waals surface area contributed by atoms with Gasteiger partial charge in [0.25, 0.3) is 17.7 Å². The van der Waals surface area contributed by atoms with Crippen LogP contribution in [-0.2, 0) is 9.53 Å². The standard InChI is InChI=1S/C18H14ClN3O5/c1-9(15(23)21-14-6-4-11(19)8-20-14)27-18(26)10-3-5-12-13(7-10)17(25)22(2)16(12)24/h3-9H,1-2H3,(H,20,21,23). The molecule has 1 aromatic carbocycles. The molecule has 3 amide bonds. The molecule has 138 valence electrons. The molecule has 2 aromatic rings. The van der Waals surface area contributed by atoms with Gasteiger partial charge in [0.15, 0.2) is 6.10 Å². The highest BCUT2D eigenvalue weighted by Gasteiger charge is 2.33. The first kappa shape index (κ1) is 18.5. The summed E-state index contributed by atoms with van der Waals surface area (Å²) in [5, 5.41) is 2.91. The highest BCUT2D eigenvalue weighted by Crippen LogP contribution is 2.23. The van der Waals surface area contributed by atoms with E-state index in [1.807, 2.05) is 0 Å². The first-order valence-corrected chi connectivity index (χ1v) is 8.25. The van der Waals surface area contributed by atoms with Gasteiger partial charge in [-0.25, -0.2) is 9.78 Å². The molecule has 1 aromatic heterocycles. The lowest BCUT2D eigenvalue weighted by molar-refractivity contribution is -0.123. The zero-order chi connectivity index (χ0) is 19.7. The number of nitrogens with one attached hydrogen (secondary N) is 1. The molecule has 1 N–H and O–H groups in total. The van der Waals surface area contributed by atoms with Crippen LogP contribution in [0.5, 0.6) is 0 Å². The van der Waals surface area contributed by atoms with Crippen LogP contribution in [0.25, 0.3) is 0 Å². The predicted octanol–water partition coefficient (Wildman–Crippen LogP) is 2.14. The maximum Gasteiger partial charge on any atom is 0.338 e. The molecular weight excluding hydrogens is 374 g/mol. The fourth-order valence-corrected chi connectivity index (χ4v) is 2.56. The predicted molar refractivity (Wildman–Crippen MR) is 95.6 cm³/mol. The second kappa shape index (κ2) is 7.16. The Kier molecular flexibility index (Phi) is 4.91. The second-order valence-electron chi connectivity index (χ2n) is 5.83. The van der Waals surface area contributed by atoms with Crippen molar-refractivity contribution in [2.75, 3.05) is 12.4 Å². The van der Waals surface area contributed by atoms with Crippen LogP contribution in [0.2, 0.25) is 5.02 Å². The fourth-order valence-electron chi connectivity index (χ4n) is 2.45. The van der Waals surface area contributed by atoms with Gasteiger partial charge in [-0.15, -0.1) is 0 Å². The number of imide groups is 1. The molecule has 9 heteroatoms. The Bertz CT molecular complexity index is 958. The molecule has 0 fully saturated rings. The van der Waals surface area contributed by atoms with E-state index in [1.165, 1.54) is 44.4 Å². The molecule has 1 atom stereocenters. The fraction of sp³-hybridized carbons (Fsp3) is 0.167. The third-order valence-electron chi connectivity index (χ3n) is 3.96. The lowest BCUT2D eigenvalue weighted by Crippen LogP contribution is -2.30. The number of fused-ring (bicyclic) bond motifs is 1. The number of anilines is 1. The van der Waals surface area contributed by atoms with Crippen molar-refractivity contribution in [1.82, 2.24) is 9.88 Å². The molecule has 3 rings (SSSR count). The van der Waals surface area contributed by atoms with E-state index < -0.39 is 29.8 Å². The lowest BCUT2D eigenvalue weighted by atomic mass is 10.1. The van der Waals surface area contributed by atoms with Crippen molar-refractivity contribution in [3.05, 3.63) is 58.2 Å². The van der Waals surface area contributed by atoms with Crippen molar-refractivity contribution < 1.29 is 23.9 Å². The van der Waals surface area contributed by atoms with E-state index >= 15 is 0 Å². The largest absolute Gasteiger partial charge is 0.449 e. The van der Waals surface area contributed by atoms with Crippen LogP contribution in [0.15, 0.2) is 36.5 Å². The van der Waals surface area contributed by atoms with Crippen LogP contribution >= 0.6 is 11.6 Å². The van der Waals surface area contributed by atoms with Gasteiger partial charge in [-0.2, -0.15) is 0 Å². The number of rotatable bonds is 4. The van der Waals surface area contributed by atoms with Crippen LogP contribution in [0, 0.1) is 0 Å². The van der Waals surface area contributed by atoms with Crippen LogP contribution in [0.3, 0.4) is 0 Å². The summed E-state index contributed by atoms with van der Waals surface area (Å²) in [6, 6.07) is 7.11. The quantitative estimate of drug-likeness (QED) is 0.636. The van der Waals surface area contributed by atoms with Crippen molar-refractivity contribution >= 4 is 41.1 Å². The molecule has 0 aliphatic carbocycles. The number of benzene rings is 1. The van der Waals surface area contributed by atoms with Crippen LogP contribution in [0.4, 0.5) is 5.82 Å². The molecule has 0 radical (unpaired) electrons. The summed E-state index contributed by atoms with van der Waals surface area (Å²) in [6.45, 7) is 1.40. The van der Waals surface area contributed by atoms with Gasteiger partial charge >= 0.3 is 5.97 Å². The summed E-state index contributed by atoms with van der Waals surface area (Å²) >= 11 is 5.72. The van der Waals surface area contributed by atoms with Gasteiger partial charge < -0.3 is 10.1 Å². The minimum absolute atomic E-state index is 0.0643. The van der Waals surface area contributed by atoms with Crippen LogP contribution in [-0.4, -0.2) is 46.7 Å². The summed E-state index contributed by atoms with van der Waals surface area (Å²) in [5.74, 6) is -2.04. The zero-order valence-electron chi connectivity index (χ0n) is 14.4. The molecule has 1 aliphatic heterocycles. The molecule has 27 heavy (non-hydrogen) atoms. The van der Waals surface area contributed by atoms with Crippen molar-refractivity contribution in [2.45, 2.75) is 13.0 Å². The maximum absolute atomic E-state index is 12.3. The summed E-state index contributed by atoms with van der Waals surface area (Å²) in [7, 11) is 1.36. The van der Waals surface area contributed by atoms with Crippen molar-refractivity contribution in [3.63, 3.8) is 0 Å². The normalized spacial score (nSPS) is 14.0. The Morgan fingerprint density at radius 2 is 1.85 bits per heavy atom. The SMILES string of the molecule is CC(OC(=O)c1ccc2c(c1)C(=O)N(C)C2=O)C(=O)Nc1ccc(Cl)cn1. The molecule has 0 spiro atoms. The highest BCUT2D eigenvalue weighted by atomic mass is 35.5. The number of nitrogens with zero attached hydrogens (tertiary/aromatic N) is 2. The summed E-state index contributed by atoms with van der Waals surface area (Å²) in [6.07, 6.45) is 0.261. The Labute approximate surface area is 159 Å². The Morgan fingerprint density at radius 1 is 1.15 bits per heavy atom. The number of pyridine rings is 1. The van der Waals surface area contributed by atoms with E-state index in [0.29, 0.717) is 5.02 Å². The van der Waals surface area contributed by atoms with Crippen molar-refractivity contribution in [3.8, 4) is 0 Å². The minimum atomic E-state index is -1.11. The van der Waals surface area contributed by atoms with Gasteiger partial charge in [0.2, 0.25) is 0 Å². The van der Waals surface area contributed by atoms with Crippen LogP contribution in [0.1, 0.15) is 38.0 Å². The van der Waals surface area contributed by atoms with Gasteiger partial charge in [0, 0.05) is 13.2 Å². The Balaban J connectivity index is 1.68. The van der Waals surface area contributed by atoms with E-state index in [9.17, 15) is 19.2 Å². The Hall–Kier alpha value is -3.26. The number of esters is 1. The number of hydrogen-bond donors (Lipinski definition) is 1. The number of hydrogen-bond acceptors (Lipinski definition) is 6. The van der Waals surface area contributed by atoms with Crippen molar-refractivity contribution in [1.29, 1.82) is 0 Å². The first-order valence-electron chi connectivity index (χ1n) is 7.87. The van der Waals surface area contributed by atoms with E-state index in [2.05, 4.69) is 10.3 Å². The van der Waals surface area contributed by atoms with Crippen LogP contribution < -0.4 is 5.32 Å². The minimum Gasteiger partial charge on any atom is -0.449 e. The summed E-state index contributed by atoms with van der Waals surface area (Å²) in [4.78, 5) is 53.2. The molecular formula is C18H14ClN3O5. The number of aromatic nitrogens is 1. The second-order valence-corrected chi connectivity index (χ2v) is 6.26. The molecule has 8 nitrogen and oxygen atoms in total. The average molecular weight is 388 g/mol. The molecule has 1 aliphatic rings. The number of carbonyl (C=O) groups is 4. The lowest BCUT2D eigenvalue weighted by Gasteiger charge is -2.13. The molecule has 0 saturated heterocycles. The topological polar surface area (TPSA) is 106 Å². The van der Waals surface area contributed by atoms with Gasteiger partial charge in [0.05, 0.1) is 21.7 Å². The van der Waals surface area contributed by atoms with E-state index in [0.717, 1.165) is 4.90 Å². The summed E-state index contributed by atoms with van der Waals surface area (Å²) in [5.41, 5.74) is 0.410. The maximum atomic E-state index is 12.3. The highest BCUT2D eigenvalue weighted by molar-refractivity contribution is 6.30. The number of amides is 3. The molecule has 0 bridgehead atoms. The van der Waals surface area contributed by atoms with Gasteiger partial charge in [-0.05, 0) is 37.3 Å². The van der Waals surface area contributed by atoms with Crippen molar-refractivity contribution in [2.24, 2.45) is 0 Å². The first-order chi connectivity index (χ1) is 12.8. The third-order valence-corrected chi connectivity index (χ3v) is 4.18. The number of ether oxygens (including phenoxy) is 1. The van der Waals surface area contributed by atoms with Gasteiger partial charge in [-0.3, -0.25) is 19.3 Å². The van der Waals surface area contributed by atoms with E-state index in [-0.39, 0.29) is 22.5 Å². The molecule has 2 heterocycles. The van der Waals surface area contributed by atoms with Gasteiger partial charge in [0.1, 0.15) is 5.82 Å². The van der Waals surface area contributed by atoms with E-state index in [1.54, 1.807) is 6.07 Å².